The van der Waals surface area contributed by atoms with Crippen molar-refractivity contribution < 1.29 is 31.1 Å². The van der Waals surface area contributed by atoms with Gasteiger partial charge in [-0.25, -0.2) is 12.7 Å². The molecule has 0 aliphatic heterocycles. The minimum atomic E-state index is -4.78. The van der Waals surface area contributed by atoms with Crippen LogP contribution in [0.5, 0.6) is 5.75 Å². The average molecular weight is 416 g/mol. The van der Waals surface area contributed by atoms with Crippen LogP contribution in [0.1, 0.15) is 11.1 Å². The first kappa shape index (κ1) is 21.7. The highest BCUT2D eigenvalue weighted by atomic mass is 32.2. The van der Waals surface area contributed by atoms with E-state index in [0.29, 0.717) is 16.8 Å². The summed E-state index contributed by atoms with van der Waals surface area (Å²) in [6, 6.07) is 9.43. The number of nitrogens with one attached hydrogen (secondary N) is 1. The van der Waals surface area contributed by atoms with Gasteiger partial charge < -0.3 is 10.1 Å². The maximum Gasteiger partial charge on any atom is 0.573 e. The summed E-state index contributed by atoms with van der Waals surface area (Å²) in [4.78, 5) is 12.3. The fourth-order valence-corrected chi connectivity index (χ4v) is 3.50. The Morgan fingerprint density at radius 2 is 1.71 bits per heavy atom. The lowest BCUT2D eigenvalue weighted by Crippen LogP contribution is -2.23. The molecule has 0 saturated carbocycles. The van der Waals surface area contributed by atoms with Gasteiger partial charge in [0, 0.05) is 19.8 Å². The van der Waals surface area contributed by atoms with Crippen molar-refractivity contribution in [3.63, 3.8) is 0 Å². The standard InChI is InChI=1S/C18H19F3N2O4S/c1-12-4-7-14(11-16(12)28(25,26)23(2)3)22-17(24)10-13-5-8-15(9-6-13)27-18(19,20)21/h4-9,11H,10H2,1-3H3,(H,22,24). The number of nitrogens with zero attached hydrogens (tertiary/aromatic N) is 1. The predicted octanol–water partition coefficient (Wildman–Crippen LogP) is 3.33. The number of aryl methyl sites for hydroxylation is 1. The van der Waals surface area contributed by atoms with Crippen molar-refractivity contribution in [2.24, 2.45) is 0 Å². The third-order valence-corrected chi connectivity index (χ3v) is 5.71. The van der Waals surface area contributed by atoms with E-state index < -0.39 is 22.3 Å². The summed E-state index contributed by atoms with van der Waals surface area (Å²) in [5.41, 5.74) is 1.31. The average Bonchev–Trinajstić information content (AvgIpc) is 2.56. The molecule has 0 atom stereocenters. The van der Waals surface area contributed by atoms with Crippen molar-refractivity contribution in [1.29, 1.82) is 0 Å². The molecule has 0 aromatic heterocycles. The minimum absolute atomic E-state index is 0.0731. The molecule has 0 fully saturated rings. The van der Waals surface area contributed by atoms with Gasteiger partial charge in [-0.1, -0.05) is 18.2 Å². The monoisotopic (exact) mass is 416 g/mol. The van der Waals surface area contributed by atoms with Crippen LogP contribution in [-0.2, 0) is 21.2 Å². The van der Waals surface area contributed by atoms with E-state index >= 15 is 0 Å². The number of amides is 1. The Labute approximate surface area is 161 Å². The molecule has 6 nitrogen and oxygen atoms in total. The van der Waals surface area contributed by atoms with Gasteiger partial charge in [-0.05, 0) is 42.3 Å². The second kappa shape index (κ2) is 8.19. The molecule has 152 valence electrons. The molecule has 0 aliphatic carbocycles. The van der Waals surface area contributed by atoms with Crippen LogP contribution in [0, 0.1) is 6.92 Å². The summed E-state index contributed by atoms with van der Waals surface area (Å²) in [5.74, 6) is -0.824. The molecular formula is C18H19F3N2O4S. The SMILES string of the molecule is Cc1ccc(NC(=O)Cc2ccc(OC(F)(F)F)cc2)cc1S(=O)(=O)N(C)C. The van der Waals surface area contributed by atoms with E-state index in [2.05, 4.69) is 10.1 Å². The van der Waals surface area contributed by atoms with Crippen molar-refractivity contribution in [2.75, 3.05) is 19.4 Å². The highest BCUT2D eigenvalue weighted by molar-refractivity contribution is 7.89. The van der Waals surface area contributed by atoms with E-state index in [0.717, 1.165) is 16.4 Å². The first-order valence-electron chi connectivity index (χ1n) is 8.06. The fraction of sp³-hybridized carbons (Fsp3) is 0.278. The number of ether oxygens (including phenoxy) is 1. The number of halogens is 3. The van der Waals surface area contributed by atoms with E-state index in [1.54, 1.807) is 19.1 Å². The van der Waals surface area contributed by atoms with E-state index in [1.165, 1.54) is 32.3 Å². The van der Waals surface area contributed by atoms with E-state index in [1.807, 2.05) is 0 Å². The van der Waals surface area contributed by atoms with Crippen LogP contribution in [0.2, 0.25) is 0 Å². The molecule has 0 heterocycles. The number of carbonyl (C=O) groups is 1. The molecule has 1 N–H and O–H groups in total. The molecule has 10 heteroatoms. The second-order valence-corrected chi connectivity index (χ2v) is 8.30. The van der Waals surface area contributed by atoms with Crippen LogP contribution in [0.15, 0.2) is 47.4 Å². The van der Waals surface area contributed by atoms with Crippen LogP contribution < -0.4 is 10.1 Å². The van der Waals surface area contributed by atoms with Gasteiger partial charge in [0.2, 0.25) is 15.9 Å². The molecule has 28 heavy (non-hydrogen) atoms. The van der Waals surface area contributed by atoms with Crippen molar-refractivity contribution in [3.05, 3.63) is 53.6 Å². The predicted molar refractivity (Wildman–Crippen MR) is 97.5 cm³/mol. The molecule has 2 aromatic carbocycles. The number of hydrogen-bond donors (Lipinski definition) is 1. The Balaban J connectivity index is 2.09. The van der Waals surface area contributed by atoms with Crippen LogP contribution >= 0.6 is 0 Å². The first-order chi connectivity index (χ1) is 12.9. The number of alkyl halides is 3. The maximum absolute atomic E-state index is 12.3. The zero-order valence-electron chi connectivity index (χ0n) is 15.4. The Morgan fingerprint density at radius 3 is 2.25 bits per heavy atom. The zero-order valence-corrected chi connectivity index (χ0v) is 16.2. The summed E-state index contributed by atoms with van der Waals surface area (Å²) in [6.07, 6.45) is -4.88. The highest BCUT2D eigenvalue weighted by Crippen LogP contribution is 2.24. The van der Waals surface area contributed by atoms with Crippen molar-refractivity contribution in [2.45, 2.75) is 24.6 Å². The van der Waals surface area contributed by atoms with Gasteiger partial charge in [-0.15, -0.1) is 13.2 Å². The molecule has 2 rings (SSSR count). The summed E-state index contributed by atoms with van der Waals surface area (Å²) in [7, 11) is -0.850. The molecule has 1 amide bonds. The van der Waals surface area contributed by atoms with Crippen molar-refractivity contribution in [3.8, 4) is 5.75 Å². The molecule has 0 unspecified atom stereocenters. The molecule has 0 spiro atoms. The number of benzene rings is 2. The third kappa shape index (κ3) is 5.70. The normalized spacial score (nSPS) is 12.1. The van der Waals surface area contributed by atoms with Gasteiger partial charge in [-0.2, -0.15) is 0 Å². The Bertz CT molecular complexity index is 956. The van der Waals surface area contributed by atoms with Crippen molar-refractivity contribution in [1.82, 2.24) is 4.31 Å². The Hall–Kier alpha value is -2.59. The maximum atomic E-state index is 12.3. The number of carbonyl (C=O) groups excluding carboxylic acids is 1. The Morgan fingerprint density at radius 1 is 1.11 bits per heavy atom. The third-order valence-electron chi connectivity index (χ3n) is 3.75. The van der Waals surface area contributed by atoms with Crippen LogP contribution in [0.25, 0.3) is 0 Å². The van der Waals surface area contributed by atoms with Gasteiger partial charge in [0.15, 0.2) is 0 Å². The van der Waals surface area contributed by atoms with E-state index in [9.17, 15) is 26.4 Å². The topological polar surface area (TPSA) is 75.7 Å². The first-order valence-corrected chi connectivity index (χ1v) is 9.50. The minimum Gasteiger partial charge on any atom is -0.406 e. The lowest BCUT2D eigenvalue weighted by molar-refractivity contribution is -0.274. The smallest absolute Gasteiger partial charge is 0.406 e. The van der Waals surface area contributed by atoms with Crippen LogP contribution in [0.4, 0.5) is 18.9 Å². The van der Waals surface area contributed by atoms with Gasteiger partial charge in [0.25, 0.3) is 0 Å². The lowest BCUT2D eigenvalue weighted by Gasteiger charge is -2.15. The Kier molecular flexibility index (Phi) is 6.35. The lowest BCUT2D eigenvalue weighted by atomic mass is 10.1. The summed E-state index contributed by atoms with van der Waals surface area (Å²) < 4.78 is 66.0. The number of anilines is 1. The highest BCUT2D eigenvalue weighted by Gasteiger charge is 2.31. The van der Waals surface area contributed by atoms with Gasteiger partial charge in [0.1, 0.15) is 5.75 Å². The number of rotatable bonds is 6. The van der Waals surface area contributed by atoms with Crippen LogP contribution in [0.3, 0.4) is 0 Å². The quantitative estimate of drug-likeness (QED) is 0.784. The van der Waals surface area contributed by atoms with E-state index in [4.69, 9.17) is 0 Å². The molecule has 0 saturated heterocycles. The zero-order chi connectivity index (χ0) is 21.1. The summed E-state index contributed by atoms with van der Waals surface area (Å²) >= 11 is 0. The number of sulfonamides is 1. The molecule has 0 radical (unpaired) electrons. The summed E-state index contributed by atoms with van der Waals surface area (Å²) in [5, 5.41) is 2.59. The summed E-state index contributed by atoms with van der Waals surface area (Å²) in [6.45, 7) is 1.65. The van der Waals surface area contributed by atoms with E-state index in [-0.39, 0.29) is 17.1 Å². The fourth-order valence-electron chi connectivity index (χ4n) is 2.35. The van der Waals surface area contributed by atoms with Gasteiger partial charge >= 0.3 is 6.36 Å². The largest absolute Gasteiger partial charge is 0.573 e. The molecule has 0 aliphatic rings. The molecular weight excluding hydrogens is 397 g/mol. The molecule has 2 aromatic rings. The molecule has 0 bridgehead atoms. The van der Waals surface area contributed by atoms with Crippen molar-refractivity contribution >= 4 is 21.6 Å². The van der Waals surface area contributed by atoms with Gasteiger partial charge in [0.05, 0.1) is 11.3 Å². The number of hydrogen-bond acceptors (Lipinski definition) is 4. The van der Waals surface area contributed by atoms with Gasteiger partial charge in [-0.3, -0.25) is 4.79 Å². The second-order valence-electron chi connectivity index (χ2n) is 6.18. The van der Waals surface area contributed by atoms with Crippen LogP contribution in [-0.4, -0.2) is 39.1 Å².